The maximum Gasteiger partial charge on any atom is 0.325 e. The van der Waals surface area contributed by atoms with Crippen LogP contribution < -0.4 is 10.6 Å². The zero-order valence-electron chi connectivity index (χ0n) is 17.6. The summed E-state index contributed by atoms with van der Waals surface area (Å²) in [5, 5.41) is 9.04. The lowest BCUT2D eigenvalue weighted by Crippen LogP contribution is -2.50. The Labute approximate surface area is 174 Å². The van der Waals surface area contributed by atoms with E-state index in [1.165, 1.54) is 4.90 Å². The minimum absolute atomic E-state index is 0.0107. The molecular formula is C19H28N6O5. The monoisotopic (exact) mass is 420 g/mol. The summed E-state index contributed by atoms with van der Waals surface area (Å²) < 4.78 is 4.92. The van der Waals surface area contributed by atoms with Gasteiger partial charge >= 0.3 is 6.03 Å². The number of nitrogens with zero attached hydrogens (tertiary/aromatic N) is 4. The van der Waals surface area contributed by atoms with Gasteiger partial charge in [-0.2, -0.15) is 0 Å². The highest BCUT2D eigenvalue weighted by atomic mass is 16.5. The molecule has 2 aliphatic heterocycles. The van der Waals surface area contributed by atoms with Crippen molar-refractivity contribution in [1.82, 2.24) is 25.2 Å². The predicted molar refractivity (Wildman–Crippen MR) is 106 cm³/mol. The van der Waals surface area contributed by atoms with Crippen molar-refractivity contribution < 1.29 is 23.7 Å². The van der Waals surface area contributed by atoms with Gasteiger partial charge < -0.3 is 20.1 Å². The van der Waals surface area contributed by atoms with E-state index in [0.717, 1.165) is 0 Å². The fourth-order valence-corrected chi connectivity index (χ4v) is 3.53. The number of aromatic nitrogens is 1. The van der Waals surface area contributed by atoms with Gasteiger partial charge in [-0.3, -0.25) is 24.2 Å². The van der Waals surface area contributed by atoms with Crippen molar-refractivity contribution in [2.75, 3.05) is 44.6 Å². The molecule has 0 bridgehead atoms. The van der Waals surface area contributed by atoms with Crippen molar-refractivity contribution in [3.8, 4) is 0 Å². The van der Waals surface area contributed by atoms with Crippen LogP contribution in [-0.2, 0) is 14.4 Å². The first-order valence-corrected chi connectivity index (χ1v) is 10.0. The third kappa shape index (κ3) is 5.15. The van der Waals surface area contributed by atoms with Gasteiger partial charge in [-0.1, -0.05) is 5.16 Å². The van der Waals surface area contributed by atoms with Gasteiger partial charge in [0.1, 0.15) is 11.3 Å². The van der Waals surface area contributed by atoms with Crippen molar-refractivity contribution >= 4 is 29.6 Å². The topological polar surface area (TPSA) is 128 Å². The van der Waals surface area contributed by atoms with Crippen LogP contribution in [0, 0.1) is 6.92 Å². The molecule has 0 atom stereocenters. The summed E-state index contributed by atoms with van der Waals surface area (Å²) in [6.07, 6.45) is 0.692. The van der Waals surface area contributed by atoms with Crippen molar-refractivity contribution in [2.24, 2.45) is 0 Å². The molecule has 5 amide bonds. The van der Waals surface area contributed by atoms with E-state index in [0.29, 0.717) is 44.2 Å². The number of aryl methyl sites for hydroxylation is 1. The first-order valence-electron chi connectivity index (χ1n) is 10.0. The van der Waals surface area contributed by atoms with Crippen molar-refractivity contribution in [3.63, 3.8) is 0 Å². The Morgan fingerprint density at radius 1 is 1.23 bits per heavy atom. The number of imide groups is 1. The number of rotatable bonds is 7. The van der Waals surface area contributed by atoms with E-state index in [-0.39, 0.29) is 37.2 Å². The van der Waals surface area contributed by atoms with E-state index in [9.17, 15) is 19.2 Å². The van der Waals surface area contributed by atoms with Gasteiger partial charge in [0.15, 0.2) is 5.82 Å². The molecule has 30 heavy (non-hydrogen) atoms. The van der Waals surface area contributed by atoms with E-state index in [4.69, 9.17) is 4.52 Å². The normalized spacial score (nSPS) is 19.2. The molecule has 0 saturated carbocycles. The second kappa shape index (κ2) is 8.82. The summed E-state index contributed by atoms with van der Waals surface area (Å²) in [5.74, 6) is 0.548. The second-order valence-corrected chi connectivity index (χ2v) is 8.14. The lowest BCUT2D eigenvalue weighted by Gasteiger charge is -2.34. The van der Waals surface area contributed by atoms with Gasteiger partial charge in [-0.25, -0.2) is 4.79 Å². The van der Waals surface area contributed by atoms with E-state index in [1.54, 1.807) is 31.7 Å². The summed E-state index contributed by atoms with van der Waals surface area (Å²) >= 11 is 0. The van der Waals surface area contributed by atoms with Gasteiger partial charge in [0.05, 0.1) is 6.54 Å². The quantitative estimate of drug-likeness (QED) is 0.602. The summed E-state index contributed by atoms with van der Waals surface area (Å²) in [4.78, 5) is 53.5. The van der Waals surface area contributed by atoms with Crippen LogP contribution in [0.1, 0.15) is 32.4 Å². The fraction of sp³-hybridized carbons (Fsp3) is 0.632. The molecule has 0 radical (unpaired) electrons. The fourth-order valence-electron chi connectivity index (χ4n) is 3.53. The van der Waals surface area contributed by atoms with Gasteiger partial charge in [0.2, 0.25) is 11.8 Å². The van der Waals surface area contributed by atoms with Crippen LogP contribution in [0.25, 0.3) is 0 Å². The molecule has 0 spiro atoms. The minimum atomic E-state index is -0.893. The lowest BCUT2D eigenvalue weighted by molar-refractivity contribution is -0.134. The molecule has 2 saturated heterocycles. The van der Waals surface area contributed by atoms with Crippen molar-refractivity contribution in [3.05, 3.63) is 11.8 Å². The summed E-state index contributed by atoms with van der Waals surface area (Å²) in [7, 11) is 0. The minimum Gasteiger partial charge on any atom is -0.360 e. The predicted octanol–water partition coefficient (Wildman–Crippen LogP) is 0.176. The molecule has 0 unspecified atom stereocenters. The van der Waals surface area contributed by atoms with Gasteiger partial charge in [0.25, 0.3) is 5.91 Å². The molecule has 0 aromatic carbocycles. The molecule has 0 aliphatic carbocycles. The number of urea groups is 1. The highest BCUT2D eigenvalue weighted by Gasteiger charge is 2.43. The molecular weight excluding hydrogens is 392 g/mol. The largest absolute Gasteiger partial charge is 0.360 e. The highest BCUT2D eigenvalue weighted by molar-refractivity contribution is 6.06. The summed E-state index contributed by atoms with van der Waals surface area (Å²) in [6, 6.07) is 1.24. The Hall–Kier alpha value is -2.95. The van der Waals surface area contributed by atoms with E-state index >= 15 is 0 Å². The van der Waals surface area contributed by atoms with Gasteiger partial charge in [0, 0.05) is 45.2 Å². The second-order valence-electron chi connectivity index (χ2n) is 8.14. The van der Waals surface area contributed by atoms with Gasteiger partial charge in [-0.15, -0.1) is 0 Å². The Bertz CT molecular complexity index is 827. The number of anilines is 1. The SMILES string of the molecule is Cc1cc(NC(=O)CN2CCN(C(=O)CCCN3C(=O)NC(C)(C)C3=O)CC2)no1. The molecule has 3 heterocycles. The standard InChI is InChI=1S/C19H28N6O5/c1-13-11-14(22-30-13)20-15(26)12-23-7-9-24(10-8-23)16(27)5-4-6-25-17(28)19(2,3)21-18(25)29/h11H,4-10,12H2,1-3H3,(H,21,29)(H,20,22,26). The number of piperazine rings is 1. The Kier molecular flexibility index (Phi) is 6.40. The number of carbonyl (C=O) groups is 4. The molecule has 3 rings (SSSR count). The average molecular weight is 420 g/mol. The van der Waals surface area contributed by atoms with E-state index < -0.39 is 11.6 Å². The molecule has 1 aromatic heterocycles. The summed E-state index contributed by atoms with van der Waals surface area (Å²) in [5.41, 5.74) is -0.893. The van der Waals surface area contributed by atoms with Gasteiger partial charge in [-0.05, 0) is 27.2 Å². The Morgan fingerprint density at radius 3 is 2.50 bits per heavy atom. The third-order valence-corrected chi connectivity index (χ3v) is 5.20. The van der Waals surface area contributed by atoms with Crippen LogP contribution in [0.2, 0.25) is 0 Å². The Morgan fingerprint density at radius 2 is 1.93 bits per heavy atom. The molecule has 2 aliphatic rings. The van der Waals surface area contributed by atoms with Crippen LogP contribution in [-0.4, -0.2) is 88.4 Å². The van der Waals surface area contributed by atoms with Crippen LogP contribution in [0.5, 0.6) is 0 Å². The average Bonchev–Trinajstić information content (AvgIpc) is 3.16. The number of hydrogen-bond acceptors (Lipinski definition) is 7. The summed E-state index contributed by atoms with van der Waals surface area (Å²) in [6.45, 7) is 7.76. The van der Waals surface area contributed by atoms with Crippen LogP contribution >= 0.6 is 0 Å². The van der Waals surface area contributed by atoms with E-state index in [1.807, 2.05) is 4.90 Å². The highest BCUT2D eigenvalue weighted by Crippen LogP contribution is 2.17. The van der Waals surface area contributed by atoms with Crippen LogP contribution in [0.4, 0.5) is 10.6 Å². The van der Waals surface area contributed by atoms with Crippen LogP contribution in [0.3, 0.4) is 0 Å². The number of carbonyl (C=O) groups excluding carboxylic acids is 4. The third-order valence-electron chi connectivity index (χ3n) is 5.20. The van der Waals surface area contributed by atoms with Crippen LogP contribution in [0.15, 0.2) is 10.6 Å². The van der Waals surface area contributed by atoms with Crippen molar-refractivity contribution in [1.29, 1.82) is 0 Å². The number of hydrogen-bond donors (Lipinski definition) is 2. The lowest BCUT2D eigenvalue weighted by atomic mass is 10.1. The number of nitrogens with one attached hydrogen (secondary N) is 2. The van der Waals surface area contributed by atoms with Crippen molar-refractivity contribution in [2.45, 2.75) is 39.2 Å². The number of amides is 5. The smallest absolute Gasteiger partial charge is 0.325 e. The molecule has 11 nitrogen and oxygen atoms in total. The van der Waals surface area contributed by atoms with E-state index in [2.05, 4.69) is 15.8 Å². The zero-order valence-corrected chi connectivity index (χ0v) is 17.6. The first kappa shape index (κ1) is 21.8. The molecule has 164 valence electrons. The molecule has 11 heteroatoms. The first-order chi connectivity index (χ1) is 14.2. The maximum atomic E-state index is 12.4. The zero-order chi connectivity index (χ0) is 21.9. The molecule has 1 aromatic rings. The Balaban J connectivity index is 1.35. The molecule has 2 fully saturated rings. The maximum absolute atomic E-state index is 12.4. The molecule has 2 N–H and O–H groups in total.